The molecule has 27 heavy (non-hydrogen) atoms. The molecule has 0 amide bonds. The largest absolute Gasteiger partial charge is 0.489 e. The Hall–Kier alpha value is -1.92. The Morgan fingerprint density at radius 3 is 2.48 bits per heavy atom. The Morgan fingerprint density at radius 2 is 1.78 bits per heavy atom. The molecular weight excluding hydrogens is 342 g/mol. The van der Waals surface area contributed by atoms with Crippen LogP contribution in [0.5, 0.6) is 5.75 Å². The molecule has 0 saturated carbocycles. The van der Waals surface area contributed by atoms with Gasteiger partial charge < -0.3 is 24.6 Å². The summed E-state index contributed by atoms with van der Waals surface area (Å²) < 4.78 is 16.9. The van der Waals surface area contributed by atoms with E-state index in [0.29, 0.717) is 6.61 Å². The first kappa shape index (κ1) is 19.8. The van der Waals surface area contributed by atoms with Crippen LogP contribution in [-0.4, -0.2) is 37.2 Å². The fraction of sp³-hybridized carbons (Fsp3) is 0.455. The molecule has 1 aliphatic heterocycles. The molecule has 0 spiro atoms. The normalized spacial score (nSPS) is 17.4. The van der Waals surface area contributed by atoms with Crippen molar-refractivity contribution in [2.75, 3.05) is 19.8 Å². The summed E-state index contributed by atoms with van der Waals surface area (Å²) in [4.78, 5) is 0. The third-order valence-corrected chi connectivity index (χ3v) is 4.69. The Kier molecular flexibility index (Phi) is 7.66. The maximum absolute atomic E-state index is 10.6. The van der Waals surface area contributed by atoms with Crippen molar-refractivity contribution >= 4 is 0 Å². The van der Waals surface area contributed by atoms with Crippen LogP contribution >= 0.6 is 0 Å². The molecule has 1 heterocycles. The van der Waals surface area contributed by atoms with E-state index in [0.717, 1.165) is 49.5 Å². The van der Waals surface area contributed by atoms with Crippen LogP contribution in [-0.2, 0) is 16.1 Å². The van der Waals surface area contributed by atoms with Gasteiger partial charge in [0, 0.05) is 19.0 Å². The van der Waals surface area contributed by atoms with E-state index >= 15 is 0 Å². The molecule has 5 nitrogen and oxygen atoms in total. The van der Waals surface area contributed by atoms with Gasteiger partial charge in [-0.2, -0.15) is 0 Å². The maximum Gasteiger partial charge on any atom is 0.158 e. The SMILES string of the molecule is CC(NCCC1OCCCO1)C(O)c1ccc(OCc2ccccc2)cc1. The third-order valence-electron chi connectivity index (χ3n) is 4.69. The first-order valence-electron chi connectivity index (χ1n) is 9.64. The lowest BCUT2D eigenvalue weighted by molar-refractivity contribution is -0.180. The predicted molar refractivity (Wildman–Crippen MR) is 105 cm³/mol. The van der Waals surface area contributed by atoms with E-state index in [1.807, 2.05) is 61.5 Å². The van der Waals surface area contributed by atoms with Gasteiger partial charge in [0.05, 0.1) is 19.3 Å². The summed E-state index contributed by atoms with van der Waals surface area (Å²) in [5.41, 5.74) is 2.00. The zero-order valence-corrected chi connectivity index (χ0v) is 15.8. The highest BCUT2D eigenvalue weighted by Gasteiger charge is 2.18. The number of nitrogens with one attached hydrogen (secondary N) is 1. The van der Waals surface area contributed by atoms with Gasteiger partial charge in [0.2, 0.25) is 0 Å². The molecule has 146 valence electrons. The second-order valence-electron chi connectivity index (χ2n) is 6.84. The average Bonchev–Trinajstić information content (AvgIpc) is 2.73. The second kappa shape index (κ2) is 10.4. The lowest BCUT2D eigenvalue weighted by Crippen LogP contribution is -2.36. The topological polar surface area (TPSA) is 60.0 Å². The van der Waals surface area contributed by atoms with Crippen LogP contribution in [0, 0.1) is 0 Å². The molecule has 2 N–H and O–H groups in total. The number of benzene rings is 2. The van der Waals surface area contributed by atoms with E-state index in [1.54, 1.807) is 0 Å². The van der Waals surface area contributed by atoms with Crippen molar-refractivity contribution in [2.24, 2.45) is 0 Å². The van der Waals surface area contributed by atoms with Gasteiger partial charge in [-0.1, -0.05) is 42.5 Å². The summed E-state index contributed by atoms with van der Waals surface area (Å²) in [6, 6.07) is 17.6. The van der Waals surface area contributed by atoms with E-state index in [-0.39, 0.29) is 12.3 Å². The molecule has 1 saturated heterocycles. The highest BCUT2D eigenvalue weighted by Crippen LogP contribution is 2.21. The summed E-state index contributed by atoms with van der Waals surface area (Å²) in [5, 5.41) is 13.9. The maximum atomic E-state index is 10.6. The molecule has 0 bridgehead atoms. The molecular formula is C22H29NO4. The Morgan fingerprint density at radius 1 is 1.07 bits per heavy atom. The molecule has 5 heteroatoms. The lowest BCUT2D eigenvalue weighted by Gasteiger charge is -2.25. The van der Waals surface area contributed by atoms with E-state index in [2.05, 4.69) is 5.32 Å². The third kappa shape index (κ3) is 6.33. The quantitative estimate of drug-likeness (QED) is 0.707. The van der Waals surface area contributed by atoms with Crippen molar-refractivity contribution in [3.63, 3.8) is 0 Å². The highest BCUT2D eigenvalue weighted by molar-refractivity contribution is 5.29. The van der Waals surface area contributed by atoms with Crippen molar-refractivity contribution in [3.05, 3.63) is 65.7 Å². The number of aliphatic hydroxyl groups excluding tert-OH is 1. The van der Waals surface area contributed by atoms with Gasteiger partial charge in [0.15, 0.2) is 6.29 Å². The van der Waals surface area contributed by atoms with E-state index < -0.39 is 6.10 Å². The first-order valence-corrected chi connectivity index (χ1v) is 9.64. The van der Waals surface area contributed by atoms with Gasteiger partial charge in [-0.05, 0) is 36.6 Å². The summed E-state index contributed by atoms with van der Waals surface area (Å²) in [6.07, 6.45) is 1.03. The van der Waals surface area contributed by atoms with Gasteiger partial charge in [-0.15, -0.1) is 0 Å². The number of rotatable bonds is 9. The zero-order valence-electron chi connectivity index (χ0n) is 15.8. The van der Waals surface area contributed by atoms with Crippen LogP contribution in [0.15, 0.2) is 54.6 Å². The van der Waals surface area contributed by atoms with Crippen LogP contribution in [0.3, 0.4) is 0 Å². The number of ether oxygens (including phenoxy) is 3. The highest BCUT2D eigenvalue weighted by atomic mass is 16.7. The summed E-state index contributed by atoms with van der Waals surface area (Å²) in [6.45, 7) is 4.78. The van der Waals surface area contributed by atoms with Gasteiger partial charge in [-0.25, -0.2) is 0 Å². The van der Waals surface area contributed by atoms with Crippen LogP contribution in [0.25, 0.3) is 0 Å². The number of hydrogen-bond donors (Lipinski definition) is 2. The summed E-state index contributed by atoms with van der Waals surface area (Å²) >= 11 is 0. The van der Waals surface area contributed by atoms with Crippen molar-refractivity contribution in [1.82, 2.24) is 5.32 Å². The molecule has 0 aromatic heterocycles. The van der Waals surface area contributed by atoms with Gasteiger partial charge in [-0.3, -0.25) is 0 Å². The Labute approximate surface area is 161 Å². The molecule has 0 radical (unpaired) electrons. The van der Waals surface area contributed by atoms with Crippen LogP contribution < -0.4 is 10.1 Å². The second-order valence-corrected chi connectivity index (χ2v) is 6.84. The molecule has 2 aromatic carbocycles. The Balaban J connectivity index is 1.42. The molecule has 1 aliphatic rings. The number of hydrogen-bond acceptors (Lipinski definition) is 5. The minimum atomic E-state index is -0.582. The Bertz CT molecular complexity index is 656. The monoisotopic (exact) mass is 371 g/mol. The minimum Gasteiger partial charge on any atom is -0.489 e. The lowest BCUT2D eigenvalue weighted by atomic mass is 10.0. The van der Waals surface area contributed by atoms with Crippen LogP contribution in [0.2, 0.25) is 0 Å². The van der Waals surface area contributed by atoms with Crippen molar-refractivity contribution in [1.29, 1.82) is 0 Å². The predicted octanol–water partition coefficient (Wildman–Crippen LogP) is 3.43. The molecule has 0 aliphatic carbocycles. The fourth-order valence-electron chi connectivity index (χ4n) is 3.03. The molecule has 2 atom stereocenters. The fourth-order valence-corrected chi connectivity index (χ4v) is 3.03. The molecule has 3 rings (SSSR count). The molecule has 2 aromatic rings. The zero-order chi connectivity index (χ0) is 18.9. The van der Waals surface area contributed by atoms with Crippen molar-refractivity contribution in [3.8, 4) is 5.75 Å². The molecule has 1 fully saturated rings. The van der Waals surface area contributed by atoms with Crippen LogP contribution in [0.4, 0.5) is 0 Å². The number of aliphatic hydroxyl groups is 1. The van der Waals surface area contributed by atoms with Crippen molar-refractivity contribution in [2.45, 2.75) is 44.8 Å². The van der Waals surface area contributed by atoms with E-state index in [4.69, 9.17) is 14.2 Å². The van der Waals surface area contributed by atoms with Gasteiger partial charge >= 0.3 is 0 Å². The van der Waals surface area contributed by atoms with Crippen molar-refractivity contribution < 1.29 is 19.3 Å². The smallest absolute Gasteiger partial charge is 0.158 e. The van der Waals surface area contributed by atoms with E-state index in [1.165, 1.54) is 0 Å². The first-order chi connectivity index (χ1) is 13.2. The average molecular weight is 371 g/mol. The van der Waals surface area contributed by atoms with E-state index in [9.17, 15) is 5.11 Å². The summed E-state index contributed by atoms with van der Waals surface area (Å²) in [5.74, 6) is 0.794. The summed E-state index contributed by atoms with van der Waals surface area (Å²) in [7, 11) is 0. The van der Waals surface area contributed by atoms with Crippen LogP contribution in [0.1, 0.15) is 37.0 Å². The van der Waals surface area contributed by atoms with Gasteiger partial charge in [0.25, 0.3) is 0 Å². The standard InChI is InChI=1S/C22H29NO4/c1-17(23-13-12-21-25-14-5-15-26-21)22(24)19-8-10-20(11-9-19)27-16-18-6-3-2-4-7-18/h2-4,6-11,17,21-24H,5,12-16H2,1H3. The van der Waals surface area contributed by atoms with Gasteiger partial charge in [0.1, 0.15) is 12.4 Å². The molecule has 2 unspecified atom stereocenters. The minimum absolute atomic E-state index is 0.0651.